The van der Waals surface area contributed by atoms with E-state index in [1.54, 1.807) is 0 Å². The molecule has 0 fully saturated rings. The van der Waals surface area contributed by atoms with Gasteiger partial charge in [-0.05, 0) is 0 Å². The van der Waals surface area contributed by atoms with Crippen LogP contribution in [0.3, 0.4) is 0 Å². The Balaban J connectivity index is -0.00000000500. The SMILES string of the molecule is [C].[C]=O.[Os]. The van der Waals surface area contributed by atoms with Crippen LogP contribution in [0.5, 0.6) is 0 Å². The van der Waals surface area contributed by atoms with E-state index in [0.29, 0.717) is 0 Å². The molecule has 0 saturated heterocycles. The third kappa shape index (κ3) is 41.9. The van der Waals surface area contributed by atoms with Crippen LogP contribution in [0.2, 0.25) is 0 Å². The quantitative estimate of drug-likeness (QED) is 0.557. The first-order chi connectivity index (χ1) is 1.00. The van der Waals surface area contributed by atoms with Gasteiger partial charge in [-0.3, -0.25) is 4.79 Å². The maximum Gasteiger partial charge on any atom is 0.281 e. The minimum Gasteiger partial charge on any atom is -0.281 e. The summed E-state index contributed by atoms with van der Waals surface area (Å²) in [5, 5.41) is 0. The molecule has 0 aromatic carbocycles. The molecule has 1 nitrogen and oxygen atoms in total. The van der Waals surface area contributed by atoms with Crippen LogP contribution >= 0.6 is 0 Å². The van der Waals surface area contributed by atoms with Crippen molar-refractivity contribution in [1.82, 2.24) is 0 Å². The summed E-state index contributed by atoms with van der Waals surface area (Å²) in [5.41, 5.74) is 0. The number of hydrogen-bond donors (Lipinski definition) is 0. The minimum absolute atomic E-state index is 0. The fraction of sp³-hybridized carbons (Fsp3) is 0. The third-order valence-electron chi connectivity index (χ3n) is 0. The van der Waals surface area contributed by atoms with E-state index in [2.05, 4.69) is 6.79 Å². The molecule has 0 heterocycles. The molecular formula is C2OOs. The van der Waals surface area contributed by atoms with Crippen LogP contribution in [0.1, 0.15) is 0 Å². The Morgan fingerprint density at radius 1 is 1.25 bits per heavy atom. The average molecular weight is 230 g/mol. The fourth-order valence-electron chi connectivity index (χ4n) is 0. The number of carbonyl (C=O) groups excluding carboxylic acids is 1. The Labute approximate surface area is 39.5 Å². The second-order valence-corrected chi connectivity index (χ2v) is 0. The Morgan fingerprint density at radius 2 is 1.25 bits per heavy atom. The van der Waals surface area contributed by atoms with Gasteiger partial charge in [0, 0.05) is 27.2 Å². The van der Waals surface area contributed by atoms with Crippen LogP contribution in [0, 0.1) is 7.43 Å². The Kier molecular flexibility index (Phi) is 1290. The molecule has 0 aliphatic carbocycles. The molecule has 22 valence electrons. The Hall–Kier alpha value is 0.306. The number of hydrogen-bond acceptors (Lipinski definition) is 1. The predicted molar refractivity (Wildman–Crippen MR) is 8.94 cm³/mol. The van der Waals surface area contributed by atoms with Crippen molar-refractivity contribution in [1.29, 1.82) is 0 Å². The molecule has 2 heteroatoms. The monoisotopic (exact) mass is 232 g/mol. The van der Waals surface area contributed by atoms with Crippen LogP contribution in [-0.4, -0.2) is 6.79 Å². The van der Waals surface area contributed by atoms with Gasteiger partial charge < -0.3 is 0 Å². The number of rotatable bonds is 0. The second-order valence-electron chi connectivity index (χ2n) is 0. The topological polar surface area (TPSA) is 17.1 Å². The minimum atomic E-state index is 0. The summed E-state index contributed by atoms with van der Waals surface area (Å²) < 4.78 is 0. The zero-order valence-corrected chi connectivity index (χ0v) is 4.30. The van der Waals surface area contributed by atoms with Crippen LogP contribution in [-0.2, 0) is 24.6 Å². The molecule has 0 atom stereocenters. The molecule has 0 aromatic heterocycles. The van der Waals surface area contributed by atoms with Gasteiger partial charge in [-0.15, -0.1) is 0 Å². The summed E-state index contributed by atoms with van der Waals surface area (Å²) in [7, 11) is 0. The predicted octanol–water partition coefficient (Wildman–Crippen LogP) is -0.318. The van der Waals surface area contributed by atoms with Crippen molar-refractivity contribution >= 4 is 6.79 Å². The van der Waals surface area contributed by atoms with E-state index in [-0.39, 0.29) is 27.2 Å². The van der Waals surface area contributed by atoms with E-state index < -0.39 is 0 Å². The van der Waals surface area contributed by atoms with Crippen molar-refractivity contribution in [2.45, 2.75) is 0 Å². The fourth-order valence-corrected chi connectivity index (χ4v) is 0. The van der Waals surface area contributed by atoms with E-state index in [4.69, 9.17) is 4.79 Å². The van der Waals surface area contributed by atoms with Gasteiger partial charge in [-0.25, -0.2) is 0 Å². The summed E-state index contributed by atoms with van der Waals surface area (Å²) >= 11 is 0. The molecule has 0 spiro atoms. The van der Waals surface area contributed by atoms with E-state index in [1.807, 2.05) is 0 Å². The standard InChI is InChI=1S/CO.C.Os/c1-2;;. The zero-order valence-electron chi connectivity index (χ0n) is 1.76. The Morgan fingerprint density at radius 3 is 1.25 bits per heavy atom. The molecule has 0 aliphatic heterocycles. The summed E-state index contributed by atoms with van der Waals surface area (Å²) in [6.07, 6.45) is 0. The van der Waals surface area contributed by atoms with Crippen molar-refractivity contribution in [2.75, 3.05) is 0 Å². The maximum absolute atomic E-state index is 7.50. The van der Waals surface area contributed by atoms with Crippen molar-refractivity contribution in [3.8, 4) is 0 Å². The van der Waals surface area contributed by atoms with E-state index >= 15 is 0 Å². The van der Waals surface area contributed by atoms with Gasteiger partial charge in [0.05, 0.1) is 0 Å². The average Bonchev–Trinajstić information content (AvgIpc) is 1.00. The summed E-state index contributed by atoms with van der Waals surface area (Å²) in [4.78, 5) is 7.50. The van der Waals surface area contributed by atoms with E-state index in [0.717, 1.165) is 0 Å². The molecular weight excluding hydrogens is 230 g/mol. The third-order valence-corrected chi connectivity index (χ3v) is 0. The molecule has 0 saturated carbocycles. The van der Waals surface area contributed by atoms with Crippen molar-refractivity contribution in [2.24, 2.45) is 0 Å². The normalized spacial score (nSPS) is 1.00. The van der Waals surface area contributed by atoms with E-state index in [9.17, 15) is 0 Å². The smallest absolute Gasteiger partial charge is 0.281 e. The summed E-state index contributed by atoms with van der Waals surface area (Å²) in [5.74, 6) is 0. The zero-order chi connectivity index (χ0) is 2.00. The summed E-state index contributed by atoms with van der Waals surface area (Å²) in [6.45, 7) is 4.50. The first-order valence-corrected chi connectivity index (χ1v) is 0.204. The van der Waals surface area contributed by atoms with Crippen LogP contribution < -0.4 is 0 Å². The van der Waals surface area contributed by atoms with Crippen molar-refractivity contribution in [3.63, 3.8) is 0 Å². The van der Waals surface area contributed by atoms with Gasteiger partial charge in [0.25, 0.3) is 6.79 Å². The molecule has 0 unspecified atom stereocenters. The maximum atomic E-state index is 7.50. The van der Waals surface area contributed by atoms with Crippen LogP contribution in [0.25, 0.3) is 0 Å². The second kappa shape index (κ2) is 187. The molecule has 0 N–H and O–H groups in total. The first-order valence-electron chi connectivity index (χ1n) is 0.204. The molecule has 0 bridgehead atoms. The van der Waals surface area contributed by atoms with Gasteiger partial charge in [0.1, 0.15) is 0 Å². The molecule has 0 rings (SSSR count). The molecule has 0 aliphatic rings. The van der Waals surface area contributed by atoms with Crippen molar-refractivity contribution < 1.29 is 24.6 Å². The molecule has 0 aromatic rings. The largest absolute Gasteiger partial charge is 0.281 e. The van der Waals surface area contributed by atoms with Crippen molar-refractivity contribution in [3.05, 3.63) is 7.43 Å². The summed E-state index contributed by atoms with van der Waals surface area (Å²) in [6, 6.07) is 0. The molecule has 4 heavy (non-hydrogen) atoms. The molecule has 6 radical (unpaired) electrons. The first kappa shape index (κ1) is 27.6. The van der Waals surface area contributed by atoms with Crippen LogP contribution in [0.4, 0.5) is 0 Å². The van der Waals surface area contributed by atoms with Crippen LogP contribution in [0.15, 0.2) is 0 Å². The van der Waals surface area contributed by atoms with E-state index in [1.165, 1.54) is 0 Å². The Bertz CT molecular complexity index is 6.00. The van der Waals surface area contributed by atoms with Gasteiger partial charge >= 0.3 is 0 Å². The van der Waals surface area contributed by atoms with Gasteiger partial charge in [-0.2, -0.15) is 0 Å². The van der Waals surface area contributed by atoms with Gasteiger partial charge in [0.15, 0.2) is 0 Å². The van der Waals surface area contributed by atoms with Gasteiger partial charge in [0.2, 0.25) is 0 Å². The molecule has 0 amide bonds. The van der Waals surface area contributed by atoms with Gasteiger partial charge in [-0.1, -0.05) is 0 Å².